The van der Waals surface area contributed by atoms with Crippen LogP contribution in [0.5, 0.6) is 0 Å². The summed E-state index contributed by atoms with van der Waals surface area (Å²) in [7, 11) is 0. The number of aryl methyl sites for hydroxylation is 1. The molecule has 0 atom stereocenters. The van der Waals surface area contributed by atoms with Crippen molar-refractivity contribution in [3.05, 3.63) is 36.3 Å². The second-order valence-electron chi connectivity index (χ2n) is 2.95. The molecule has 0 aromatic carbocycles. The highest BCUT2D eigenvalue weighted by atomic mass is 79.9. The maximum absolute atomic E-state index is 4.05. The zero-order chi connectivity index (χ0) is 9.80. The first kappa shape index (κ1) is 9.40. The van der Waals surface area contributed by atoms with Gasteiger partial charge >= 0.3 is 0 Å². The monoisotopic (exact) mass is 251 g/mol. The molecule has 0 spiro atoms. The molecule has 2 rings (SSSR count). The largest absolute Gasteiger partial charge is 0.278 e. The first-order valence-electron chi connectivity index (χ1n) is 4.40. The highest BCUT2D eigenvalue weighted by molar-refractivity contribution is 9.09. The van der Waals surface area contributed by atoms with E-state index in [-0.39, 0.29) is 0 Å². The molecule has 0 unspecified atom stereocenters. The fourth-order valence-corrected chi connectivity index (χ4v) is 1.80. The zero-order valence-corrected chi connectivity index (χ0v) is 9.16. The van der Waals surface area contributed by atoms with Gasteiger partial charge in [-0.25, -0.2) is 0 Å². The Labute approximate surface area is 90.7 Å². The number of hydrogen-bond donors (Lipinski definition) is 1. The van der Waals surface area contributed by atoms with E-state index >= 15 is 0 Å². The second kappa shape index (κ2) is 4.37. The van der Waals surface area contributed by atoms with Crippen molar-refractivity contribution in [2.75, 3.05) is 5.33 Å². The molecular formula is C10H10BrN3. The van der Waals surface area contributed by atoms with Gasteiger partial charge in [0.1, 0.15) is 0 Å². The number of nitrogens with one attached hydrogen (secondary N) is 1. The quantitative estimate of drug-likeness (QED) is 0.852. The van der Waals surface area contributed by atoms with Gasteiger partial charge in [0, 0.05) is 23.3 Å². The van der Waals surface area contributed by atoms with Crippen LogP contribution in [0, 0.1) is 0 Å². The van der Waals surface area contributed by atoms with E-state index in [1.54, 1.807) is 12.4 Å². The SMILES string of the molecule is BrCCc1cn[nH]c1-c1ccncc1. The predicted molar refractivity (Wildman–Crippen MR) is 59.3 cm³/mol. The molecule has 3 nitrogen and oxygen atoms in total. The van der Waals surface area contributed by atoms with Gasteiger partial charge < -0.3 is 0 Å². The number of halogens is 1. The summed E-state index contributed by atoms with van der Waals surface area (Å²) < 4.78 is 0. The van der Waals surface area contributed by atoms with Crippen LogP contribution in [0.3, 0.4) is 0 Å². The van der Waals surface area contributed by atoms with Crippen molar-refractivity contribution in [3.63, 3.8) is 0 Å². The molecule has 0 aliphatic rings. The van der Waals surface area contributed by atoms with Crippen LogP contribution in [0.1, 0.15) is 5.56 Å². The molecule has 2 heterocycles. The molecule has 2 aromatic rings. The number of nitrogens with zero attached hydrogens (tertiary/aromatic N) is 2. The van der Waals surface area contributed by atoms with Gasteiger partial charge in [-0.2, -0.15) is 5.10 Å². The molecular weight excluding hydrogens is 242 g/mol. The first-order chi connectivity index (χ1) is 6.92. The standard InChI is InChI=1S/C10H10BrN3/c11-4-1-9-7-13-14-10(9)8-2-5-12-6-3-8/h2-3,5-7H,1,4H2,(H,13,14). The molecule has 0 aliphatic carbocycles. The second-order valence-corrected chi connectivity index (χ2v) is 3.74. The highest BCUT2D eigenvalue weighted by Crippen LogP contribution is 2.20. The summed E-state index contributed by atoms with van der Waals surface area (Å²) in [4.78, 5) is 3.99. The average molecular weight is 252 g/mol. The molecule has 4 heteroatoms. The van der Waals surface area contributed by atoms with Crippen LogP contribution in [0.4, 0.5) is 0 Å². The van der Waals surface area contributed by atoms with E-state index in [9.17, 15) is 0 Å². The fraction of sp³-hybridized carbons (Fsp3) is 0.200. The number of alkyl halides is 1. The van der Waals surface area contributed by atoms with Crippen LogP contribution in [0.2, 0.25) is 0 Å². The number of aromatic nitrogens is 3. The Morgan fingerprint density at radius 3 is 2.79 bits per heavy atom. The third-order valence-corrected chi connectivity index (χ3v) is 2.45. The van der Waals surface area contributed by atoms with Crippen molar-refractivity contribution in [2.45, 2.75) is 6.42 Å². The Morgan fingerprint density at radius 1 is 1.29 bits per heavy atom. The topological polar surface area (TPSA) is 41.6 Å². The molecule has 14 heavy (non-hydrogen) atoms. The van der Waals surface area contributed by atoms with Gasteiger partial charge in [-0.1, -0.05) is 15.9 Å². The van der Waals surface area contributed by atoms with Crippen molar-refractivity contribution >= 4 is 15.9 Å². The van der Waals surface area contributed by atoms with Crippen LogP contribution in [0.15, 0.2) is 30.7 Å². The third kappa shape index (κ3) is 1.85. The summed E-state index contributed by atoms with van der Waals surface area (Å²) in [5.41, 5.74) is 3.45. The van der Waals surface area contributed by atoms with E-state index in [1.165, 1.54) is 5.56 Å². The molecule has 0 radical (unpaired) electrons. The minimum atomic E-state index is 0.949. The van der Waals surface area contributed by atoms with Crippen LogP contribution in [-0.4, -0.2) is 20.5 Å². The van der Waals surface area contributed by atoms with Crippen LogP contribution < -0.4 is 0 Å². The van der Waals surface area contributed by atoms with Gasteiger partial charge in [0.15, 0.2) is 0 Å². The number of rotatable bonds is 3. The van der Waals surface area contributed by atoms with Gasteiger partial charge in [-0.3, -0.25) is 10.1 Å². The zero-order valence-electron chi connectivity index (χ0n) is 7.57. The predicted octanol–water partition coefficient (Wildman–Crippen LogP) is 2.41. The number of aromatic amines is 1. The molecule has 2 aromatic heterocycles. The fourth-order valence-electron chi connectivity index (χ4n) is 1.37. The summed E-state index contributed by atoms with van der Waals surface area (Å²) in [5, 5.41) is 8.01. The lowest BCUT2D eigenvalue weighted by Crippen LogP contribution is -1.87. The van der Waals surface area contributed by atoms with Gasteiger partial charge in [0.2, 0.25) is 0 Å². The summed E-state index contributed by atoms with van der Waals surface area (Å²) in [6.07, 6.45) is 6.42. The lowest BCUT2D eigenvalue weighted by molar-refractivity contribution is 1.09. The smallest absolute Gasteiger partial charge is 0.0683 e. The van der Waals surface area contributed by atoms with E-state index in [0.717, 1.165) is 23.0 Å². The molecule has 0 fully saturated rings. The van der Waals surface area contributed by atoms with Crippen molar-refractivity contribution < 1.29 is 0 Å². The van der Waals surface area contributed by atoms with Crippen LogP contribution >= 0.6 is 15.9 Å². The number of pyridine rings is 1. The van der Waals surface area contributed by atoms with E-state index in [0.29, 0.717) is 0 Å². The lowest BCUT2D eigenvalue weighted by Gasteiger charge is -2.00. The van der Waals surface area contributed by atoms with Gasteiger partial charge in [-0.15, -0.1) is 0 Å². The molecule has 0 saturated carbocycles. The Balaban J connectivity index is 2.37. The summed E-state index contributed by atoms with van der Waals surface area (Å²) in [6.45, 7) is 0. The Morgan fingerprint density at radius 2 is 2.07 bits per heavy atom. The van der Waals surface area contributed by atoms with Gasteiger partial charge in [0.05, 0.1) is 11.9 Å². The van der Waals surface area contributed by atoms with Crippen molar-refractivity contribution in [1.29, 1.82) is 0 Å². The molecule has 0 aliphatic heterocycles. The lowest BCUT2D eigenvalue weighted by atomic mass is 10.1. The van der Waals surface area contributed by atoms with E-state index in [2.05, 4.69) is 31.1 Å². The normalized spacial score (nSPS) is 10.4. The summed E-state index contributed by atoms with van der Waals surface area (Å²) in [6, 6.07) is 3.95. The number of H-pyrrole nitrogens is 1. The van der Waals surface area contributed by atoms with Crippen LogP contribution in [0.25, 0.3) is 11.3 Å². The minimum absolute atomic E-state index is 0.949. The Hall–Kier alpha value is -1.16. The maximum atomic E-state index is 4.05. The molecule has 72 valence electrons. The first-order valence-corrected chi connectivity index (χ1v) is 5.52. The van der Waals surface area contributed by atoms with Gasteiger partial charge in [-0.05, 0) is 24.1 Å². The Bertz CT molecular complexity index is 397. The van der Waals surface area contributed by atoms with Crippen molar-refractivity contribution in [1.82, 2.24) is 15.2 Å². The molecule has 1 N–H and O–H groups in total. The van der Waals surface area contributed by atoms with Crippen molar-refractivity contribution in [2.24, 2.45) is 0 Å². The molecule has 0 amide bonds. The van der Waals surface area contributed by atoms with Crippen molar-refractivity contribution in [3.8, 4) is 11.3 Å². The average Bonchev–Trinajstić information content (AvgIpc) is 2.68. The van der Waals surface area contributed by atoms with E-state index in [4.69, 9.17) is 0 Å². The van der Waals surface area contributed by atoms with E-state index < -0.39 is 0 Å². The molecule has 0 bridgehead atoms. The maximum Gasteiger partial charge on any atom is 0.0683 e. The highest BCUT2D eigenvalue weighted by Gasteiger charge is 2.05. The number of hydrogen-bond acceptors (Lipinski definition) is 2. The third-order valence-electron chi connectivity index (χ3n) is 2.05. The van der Waals surface area contributed by atoms with Crippen LogP contribution in [-0.2, 0) is 6.42 Å². The minimum Gasteiger partial charge on any atom is -0.278 e. The Kier molecular flexibility index (Phi) is 2.93. The summed E-state index contributed by atoms with van der Waals surface area (Å²) in [5.74, 6) is 0. The molecule has 0 saturated heterocycles. The van der Waals surface area contributed by atoms with Gasteiger partial charge in [0.25, 0.3) is 0 Å². The van der Waals surface area contributed by atoms with E-state index in [1.807, 2.05) is 18.3 Å². The summed E-state index contributed by atoms with van der Waals surface area (Å²) >= 11 is 3.42.